The molecule has 1 saturated carbocycles. The number of aryl methyl sites for hydroxylation is 2. The molecule has 0 bridgehead atoms. The Balaban J connectivity index is 1.68. The molecule has 0 radical (unpaired) electrons. The summed E-state index contributed by atoms with van der Waals surface area (Å²) in [7, 11) is 1.22. The van der Waals surface area contributed by atoms with E-state index in [2.05, 4.69) is 0 Å². The molecule has 1 aliphatic carbocycles. The van der Waals surface area contributed by atoms with Gasteiger partial charge in [0.2, 0.25) is 5.82 Å². The van der Waals surface area contributed by atoms with Gasteiger partial charge in [0.25, 0.3) is 11.8 Å². The smallest absolute Gasteiger partial charge is 0.347 e. The number of benzene rings is 2. The molecule has 1 aromatic heterocycles. The highest BCUT2D eigenvalue weighted by atomic mass is 35.5. The third-order valence-corrected chi connectivity index (χ3v) is 9.94. The van der Waals surface area contributed by atoms with Crippen LogP contribution in [-0.2, 0) is 23.2 Å². The minimum atomic E-state index is -2.65. The molecule has 4 unspecified atom stereocenters. The van der Waals surface area contributed by atoms with E-state index in [-0.39, 0.29) is 28.3 Å². The number of carbonyl (C=O) groups excluding carboxylic acids is 2. The van der Waals surface area contributed by atoms with Gasteiger partial charge in [-0.1, -0.05) is 18.2 Å². The topological polar surface area (TPSA) is 107 Å². The number of fused-ring (bicyclic) bond motifs is 4. The van der Waals surface area contributed by atoms with Gasteiger partial charge in [-0.2, -0.15) is 0 Å². The lowest BCUT2D eigenvalue weighted by Gasteiger charge is -2.49. The lowest BCUT2D eigenvalue weighted by atomic mass is 9.64. The summed E-state index contributed by atoms with van der Waals surface area (Å²) in [5, 5.41) is 10.4. The summed E-state index contributed by atoms with van der Waals surface area (Å²) in [5.41, 5.74) is -2.37. The first-order chi connectivity index (χ1) is 20.0. The average molecular weight is 645 g/mol. The second-order valence-electron chi connectivity index (χ2n) is 10.8. The van der Waals surface area contributed by atoms with E-state index in [9.17, 15) is 37.5 Å². The number of halogens is 7. The monoisotopic (exact) mass is 644 g/mol. The number of phenolic OH excluding ortho intramolecular Hbond substituents is 1. The third kappa shape index (κ3) is 3.38. The van der Waals surface area contributed by atoms with Gasteiger partial charge in [-0.3, -0.25) is 9.59 Å². The van der Waals surface area contributed by atoms with Gasteiger partial charge >= 0.3 is 11.4 Å². The lowest BCUT2D eigenvalue weighted by molar-refractivity contribution is -0.122. The van der Waals surface area contributed by atoms with E-state index < -0.39 is 86.1 Å². The Kier molecular flexibility index (Phi) is 6.14. The van der Waals surface area contributed by atoms with Crippen LogP contribution in [0.5, 0.6) is 5.75 Å². The number of amides is 2. The molecule has 0 spiro atoms. The van der Waals surface area contributed by atoms with E-state index in [0.29, 0.717) is 11.1 Å². The second-order valence-corrected chi connectivity index (χ2v) is 12.0. The van der Waals surface area contributed by atoms with Crippen LogP contribution in [0.1, 0.15) is 35.1 Å². The van der Waals surface area contributed by atoms with Gasteiger partial charge in [0, 0.05) is 19.4 Å². The molecule has 2 aliphatic heterocycles. The van der Waals surface area contributed by atoms with Crippen LogP contribution in [0.4, 0.5) is 27.6 Å². The van der Waals surface area contributed by atoms with Crippen molar-refractivity contribution < 1.29 is 36.6 Å². The minimum Gasteiger partial charge on any atom is -0.507 e. The quantitative estimate of drug-likeness (QED) is 0.115. The number of rotatable bonds is 2. The summed E-state index contributed by atoms with van der Waals surface area (Å²) in [6, 6.07) is 1.63. The van der Waals surface area contributed by atoms with Crippen LogP contribution in [0.2, 0.25) is 0 Å². The van der Waals surface area contributed by atoms with Crippen LogP contribution < -0.4 is 16.3 Å². The fourth-order valence-electron chi connectivity index (χ4n) is 6.47. The van der Waals surface area contributed by atoms with Gasteiger partial charge < -0.3 is 5.11 Å². The van der Waals surface area contributed by atoms with Crippen LogP contribution in [0.25, 0.3) is 0 Å². The normalized spacial score (nSPS) is 26.4. The summed E-state index contributed by atoms with van der Waals surface area (Å²) >= 11 is 14.0. The largest absolute Gasteiger partial charge is 0.507 e. The molecule has 9 nitrogen and oxygen atoms in total. The predicted molar refractivity (Wildman–Crippen MR) is 142 cm³/mol. The van der Waals surface area contributed by atoms with E-state index in [0.717, 1.165) is 13.9 Å². The van der Waals surface area contributed by atoms with Gasteiger partial charge in [0.05, 0.1) is 12.6 Å². The van der Waals surface area contributed by atoms with Crippen LogP contribution in [0.3, 0.4) is 0 Å². The van der Waals surface area contributed by atoms with E-state index in [4.69, 9.17) is 23.2 Å². The predicted octanol–water partition coefficient (Wildman–Crippen LogP) is 3.56. The van der Waals surface area contributed by atoms with Crippen LogP contribution in [0.15, 0.2) is 33.4 Å². The first kappa shape index (κ1) is 29.2. The molecule has 3 aliphatic rings. The molecule has 6 rings (SSSR count). The van der Waals surface area contributed by atoms with Crippen LogP contribution in [0, 0.1) is 42.9 Å². The Morgan fingerprint density at radius 2 is 1.40 bits per heavy atom. The molecule has 43 heavy (non-hydrogen) atoms. The van der Waals surface area contributed by atoms with E-state index in [1.165, 1.54) is 39.1 Å². The zero-order valence-electron chi connectivity index (χ0n) is 22.3. The molecule has 3 aromatic rings. The molecular formula is C27H19Cl2F5N4O5. The highest BCUT2D eigenvalue weighted by molar-refractivity contribution is 6.58. The van der Waals surface area contributed by atoms with Crippen molar-refractivity contribution >= 4 is 40.7 Å². The number of aromatic hydroxyl groups is 1. The molecule has 16 heteroatoms. The van der Waals surface area contributed by atoms with E-state index >= 15 is 8.78 Å². The number of hydrogen-bond donors (Lipinski definition) is 1. The maximum absolute atomic E-state index is 15.0. The molecular weight excluding hydrogens is 626 g/mol. The zero-order valence-corrected chi connectivity index (χ0v) is 23.8. The summed E-state index contributed by atoms with van der Waals surface area (Å²) in [6.45, 7) is 2.87. The summed E-state index contributed by atoms with van der Waals surface area (Å²) in [5.74, 6) is -17.0. The summed E-state index contributed by atoms with van der Waals surface area (Å²) < 4.78 is 75.3. The second kappa shape index (κ2) is 9.05. The number of imide groups is 1. The molecule has 1 N–H and O–H groups in total. The van der Waals surface area contributed by atoms with Gasteiger partial charge in [-0.15, -0.1) is 23.2 Å². The van der Waals surface area contributed by atoms with Crippen molar-refractivity contribution in [2.75, 3.05) is 4.90 Å². The fourth-order valence-corrected chi connectivity index (χ4v) is 7.38. The molecule has 3 heterocycles. The number of allylic oxidation sites excluding steroid dienone is 2. The van der Waals surface area contributed by atoms with E-state index in [1.807, 2.05) is 0 Å². The zero-order chi connectivity index (χ0) is 31.7. The molecule has 2 amide bonds. The van der Waals surface area contributed by atoms with Gasteiger partial charge in [-0.05, 0) is 36.1 Å². The molecule has 226 valence electrons. The first-order valence-corrected chi connectivity index (χ1v) is 13.4. The van der Waals surface area contributed by atoms with Crippen molar-refractivity contribution in [1.82, 2.24) is 13.9 Å². The number of aromatic nitrogens is 3. The Labute approximate surface area is 247 Å². The SMILES string of the molecule is Cc1cc(C2C3=CCn4c(=O)n(C)c(=O)n4C3CC3(Cl)C(=O)N(c4c(F)c(F)c(F)c(F)c4F)C(=O)C23Cl)cc(C)c1O. The highest BCUT2D eigenvalue weighted by Crippen LogP contribution is 2.64. The highest BCUT2D eigenvalue weighted by Gasteiger charge is 2.76. The van der Waals surface area contributed by atoms with Crippen molar-refractivity contribution in [2.45, 2.75) is 48.5 Å². The maximum atomic E-state index is 15.0. The minimum absolute atomic E-state index is 0.112. The first-order valence-electron chi connectivity index (χ1n) is 12.7. The van der Waals surface area contributed by atoms with E-state index in [1.54, 1.807) is 0 Å². The average Bonchev–Trinajstić information content (AvgIpc) is 3.27. The van der Waals surface area contributed by atoms with Crippen LogP contribution in [-0.4, -0.2) is 40.6 Å². The molecule has 2 aromatic carbocycles. The summed E-state index contributed by atoms with van der Waals surface area (Å²) in [6.07, 6.45) is 0.809. The number of carbonyl (C=O) groups is 2. The molecule has 2 fully saturated rings. The Morgan fingerprint density at radius 3 is 1.95 bits per heavy atom. The number of nitrogens with zero attached hydrogens (tertiary/aromatic N) is 4. The maximum Gasteiger partial charge on any atom is 0.347 e. The van der Waals surface area contributed by atoms with Gasteiger partial charge in [-0.25, -0.2) is 50.4 Å². The Bertz CT molecular complexity index is 1930. The third-order valence-electron chi connectivity index (χ3n) is 8.53. The molecule has 1 saturated heterocycles. The number of hydrogen-bond acceptors (Lipinski definition) is 5. The molecule has 4 atom stereocenters. The summed E-state index contributed by atoms with van der Waals surface area (Å²) in [4.78, 5) is 48.5. The fraction of sp³-hybridized carbons (Fsp3) is 0.333. The number of alkyl halides is 2. The van der Waals surface area contributed by atoms with Crippen molar-refractivity contribution in [3.8, 4) is 5.75 Å². The Hall–Kier alpha value is -3.91. The van der Waals surface area contributed by atoms with Crippen molar-refractivity contribution in [2.24, 2.45) is 7.05 Å². The van der Waals surface area contributed by atoms with Crippen molar-refractivity contribution in [3.05, 3.63) is 90.5 Å². The Morgan fingerprint density at radius 1 is 0.860 bits per heavy atom. The lowest BCUT2D eigenvalue weighted by Crippen LogP contribution is -2.59. The van der Waals surface area contributed by atoms with Crippen molar-refractivity contribution in [3.63, 3.8) is 0 Å². The standard InChI is InChI=1S/C27H19Cl2F5N4O5/c1-9-6-11(7-10(2)21(9)39)14-12-4-5-36-24(42)35(3)25(43)38(36)13(12)8-26(28)22(40)37(23(41)27(14,26)29)20-18(33)16(31)15(30)17(32)19(20)34/h4,6-7,13-14,39H,5,8H2,1-3H3. The van der Waals surface area contributed by atoms with Gasteiger partial charge in [0.15, 0.2) is 33.0 Å². The number of anilines is 1. The number of phenols is 1. The van der Waals surface area contributed by atoms with Crippen molar-refractivity contribution in [1.29, 1.82) is 0 Å². The van der Waals surface area contributed by atoms with Gasteiger partial charge in [0.1, 0.15) is 11.4 Å². The van der Waals surface area contributed by atoms with Crippen LogP contribution >= 0.6 is 23.2 Å².